The van der Waals surface area contributed by atoms with Gasteiger partial charge in [-0.05, 0) is 23.8 Å². The van der Waals surface area contributed by atoms with Crippen molar-refractivity contribution in [3.63, 3.8) is 0 Å². The summed E-state index contributed by atoms with van der Waals surface area (Å²) in [4.78, 5) is 11.6. The average molecular weight is 388 g/mol. The molecule has 2 aromatic rings. The maximum Gasteiger partial charge on any atom is 0.220 e. The number of benzene rings is 1. The lowest BCUT2D eigenvalue weighted by atomic mass is 10.1. The molecule has 0 unspecified atom stereocenters. The lowest BCUT2D eigenvalue weighted by Crippen LogP contribution is -2.33. The molecule has 0 spiro atoms. The summed E-state index contributed by atoms with van der Waals surface area (Å²) in [5.41, 5.74) is 2.04. The molecular weight excluding hydrogens is 360 g/mol. The van der Waals surface area contributed by atoms with Crippen LogP contribution in [0.25, 0.3) is 12.2 Å². The number of ether oxygens (including phenoxy) is 2. The molecule has 0 bridgehead atoms. The average Bonchev–Trinajstić information content (AvgIpc) is 2.71. The minimum atomic E-state index is 0.0800. The van der Waals surface area contributed by atoms with Crippen LogP contribution in [0.2, 0.25) is 0 Å². The van der Waals surface area contributed by atoms with Crippen LogP contribution in [-0.4, -0.2) is 32.4 Å². The maximum atomic E-state index is 11.6. The van der Waals surface area contributed by atoms with E-state index in [1.54, 1.807) is 14.2 Å². The summed E-state index contributed by atoms with van der Waals surface area (Å²) in [6.07, 6.45) is 9.42. The third kappa shape index (κ3) is 6.98. The third-order valence-electron chi connectivity index (χ3n) is 4.06. The fourth-order valence-corrected chi connectivity index (χ4v) is 2.70. The molecule has 0 aliphatic carbocycles. The molecule has 2 rings (SSSR count). The van der Waals surface area contributed by atoms with E-state index in [4.69, 9.17) is 9.47 Å². The molecule has 0 saturated heterocycles. The van der Waals surface area contributed by atoms with E-state index in [0.29, 0.717) is 18.7 Å². The Bertz CT molecular complexity index is 761. The summed E-state index contributed by atoms with van der Waals surface area (Å²) in [6.45, 7) is 1.43. The van der Waals surface area contributed by atoms with E-state index in [1.807, 2.05) is 54.9 Å². The van der Waals surface area contributed by atoms with Crippen LogP contribution in [0.3, 0.4) is 0 Å². The molecule has 1 amide bonds. The Balaban J connectivity index is 1.92. The summed E-state index contributed by atoms with van der Waals surface area (Å²) >= 11 is 4.08. The molecule has 0 aliphatic rings. The first kappa shape index (κ1) is 20.8. The number of methoxy groups -OCH3 is 2. The van der Waals surface area contributed by atoms with Gasteiger partial charge in [-0.25, -0.2) is 4.57 Å². The molecule has 0 saturated carbocycles. The normalized spacial score (nSPS) is 10.8. The predicted octanol–water partition coefficient (Wildman–Crippen LogP) is 2.99. The minimum absolute atomic E-state index is 0.0800. The van der Waals surface area contributed by atoms with Crippen molar-refractivity contribution in [2.45, 2.75) is 19.4 Å². The van der Waals surface area contributed by atoms with Gasteiger partial charge in [0.1, 0.15) is 18.0 Å². The van der Waals surface area contributed by atoms with Gasteiger partial charge in [0.2, 0.25) is 5.91 Å². The Kier molecular flexibility index (Phi) is 8.71. The van der Waals surface area contributed by atoms with Crippen LogP contribution in [0, 0.1) is 0 Å². The van der Waals surface area contributed by atoms with Gasteiger partial charge in [0, 0.05) is 42.8 Å². The predicted molar refractivity (Wildman–Crippen MR) is 111 cm³/mol. The van der Waals surface area contributed by atoms with Gasteiger partial charge < -0.3 is 14.8 Å². The highest BCUT2D eigenvalue weighted by Gasteiger charge is 2.05. The molecule has 6 heteroatoms. The summed E-state index contributed by atoms with van der Waals surface area (Å²) in [7, 11) is 3.30. The molecule has 0 atom stereocenters. The highest BCUT2D eigenvalue weighted by molar-refractivity contribution is 7.80. The SMILES string of the molecule is COc1ccc(OC)c(/C=C/c2cc[n+](CCCC(=O)NCCS)cc2)c1. The molecule has 1 aromatic heterocycles. The fraction of sp³-hybridized carbons (Fsp3) is 0.333. The first-order valence-corrected chi connectivity index (χ1v) is 9.56. The number of hydrogen-bond acceptors (Lipinski definition) is 4. The van der Waals surface area contributed by atoms with Crippen molar-refractivity contribution in [2.24, 2.45) is 0 Å². The largest absolute Gasteiger partial charge is 0.497 e. The van der Waals surface area contributed by atoms with Gasteiger partial charge in [-0.2, -0.15) is 12.6 Å². The highest BCUT2D eigenvalue weighted by atomic mass is 32.1. The van der Waals surface area contributed by atoms with Crippen LogP contribution >= 0.6 is 12.6 Å². The molecule has 0 fully saturated rings. The van der Waals surface area contributed by atoms with E-state index in [-0.39, 0.29) is 5.91 Å². The monoisotopic (exact) mass is 387 g/mol. The van der Waals surface area contributed by atoms with Crippen LogP contribution in [-0.2, 0) is 11.3 Å². The number of thiol groups is 1. The fourth-order valence-electron chi connectivity index (χ4n) is 2.59. The van der Waals surface area contributed by atoms with Gasteiger partial charge in [-0.1, -0.05) is 12.2 Å². The zero-order valence-corrected chi connectivity index (χ0v) is 16.7. The van der Waals surface area contributed by atoms with E-state index in [0.717, 1.165) is 35.6 Å². The van der Waals surface area contributed by atoms with Crippen molar-refractivity contribution in [2.75, 3.05) is 26.5 Å². The van der Waals surface area contributed by atoms with E-state index < -0.39 is 0 Å². The topological polar surface area (TPSA) is 51.4 Å². The molecule has 0 radical (unpaired) electrons. The molecule has 5 nitrogen and oxygen atoms in total. The second kappa shape index (κ2) is 11.3. The van der Waals surface area contributed by atoms with Crippen molar-refractivity contribution in [1.82, 2.24) is 5.32 Å². The van der Waals surface area contributed by atoms with Gasteiger partial charge >= 0.3 is 0 Å². The van der Waals surface area contributed by atoms with E-state index in [9.17, 15) is 4.79 Å². The van der Waals surface area contributed by atoms with E-state index in [2.05, 4.69) is 22.5 Å². The number of pyridine rings is 1. The zero-order chi connectivity index (χ0) is 19.5. The molecular formula is C21H27N2O3S+. The zero-order valence-electron chi connectivity index (χ0n) is 15.9. The van der Waals surface area contributed by atoms with Gasteiger partial charge in [-0.15, -0.1) is 0 Å². The summed E-state index contributed by atoms with van der Waals surface area (Å²) in [5, 5.41) is 2.82. The van der Waals surface area contributed by atoms with Crippen LogP contribution in [0.15, 0.2) is 42.7 Å². The molecule has 144 valence electrons. The number of carbonyl (C=O) groups excluding carboxylic acids is 1. The van der Waals surface area contributed by atoms with Gasteiger partial charge in [0.15, 0.2) is 12.4 Å². The Labute approximate surface area is 166 Å². The summed E-state index contributed by atoms with van der Waals surface area (Å²) in [5.74, 6) is 2.34. The summed E-state index contributed by atoms with van der Waals surface area (Å²) in [6, 6.07) is 9.80. The number of rotatable bonds is 10. The quantitative estimate of drug-likeness (QED) is 0.487. The number of carbonyl (C=O) groups is 1. The van der Waals surface area contributed by atoms with Crippen molar-refractivity contribution in [1.29, 1.82) is 0 Å². The standard InChI is InChI=1S/C21H26N2O3S/c1-25-19-7-8-20(26-2)18(16-19)6-5-17-9-13-23(14-10-17)12-3-4-21(24)22-11-15-27/h5-10,13-14,16H,3-4,11-12,15H2,1-2H3,(H-,22,24,27)/p+1/b6-5+. The maximum absolute atomic E-state index is 11.6. The number of nitrogens with zero attached hydrogens (tertiary/aromatic N) is 1. The molecule has 27 heavy (non-hydrogen) atoms. The number of hydrogen-bond donors (Lipinski definition) is 2. The van der Waals surface area contributed by atoms with Crippen molar-refractivity contribution >= 4 is 30.7 Å². The highest BCUT2D eigenvalue weighted by Crippen LogP contribution is 2.25. The number of nitrogens with one attached hydrogen (secondary N) is 1. The molecule has 1 heterocycles. The van der Waals surface area contributed by atoms with Crippen molar-refractivity contribution in [3.05, 3.63) is 53.9 Å². The number of aryl methyl sites for hydroxylation is 1. The molecule has 0 aliphatic heterocycles. The third-order valence-corrected chi connectivity index (χ3v) is 4.29. The van der Waals surface area contributed by atoms with E-state index in [1.165, 1.54) is 0 Å². The first-order chi connectivity index (χ1) is 13.2. The minimum Gasteiger partial charge on any atom is -0.497 e. The van der Waals surface area contributed by atoms with E-state index >= 15 is 0 Å². The molecule has 1 aromatic carbocycles. The van der Waals surface area contributed by atoms with Crippen LogP contribution in [0.1, 0.15) is 24.0 Å². The van der Waals surface area contributed by atoms with Crippen LogP contribution in [0.4, 0.5) is 0 Å². The van der Waals surface area contributed by atoms with Crippen molar-refractivity contribution < 1.29 is 18.8 Å². The summed E-state index contributed by atoms with van der Waals surface area (Å²) < 4.78 is 12.7. The lowest BCUT2D eigenvalue weighted by molar-refractivity contribution is -0.697. The Morgan fingerprint density at radius 1 is 1.15 bits per heavy atom. The lowest BCUT2D eigenvalue weighted by Gasteiger charge is -2.07. The second-order valence-electron chi connectivity index (χ2n) is 5.99. The second-order valence-corrected chi connectivity index (χ2v) is 6.43. The van der Waals surface area contributed by atoms with Gasteiger partial charge in [-0.3, -0.25) is 4.79 Å². The Morgan fingerprint density at radius 2 is 1.93 bits per heavy atom. The number of aromatic nitrogens is 1. The molecule has 1 N–H and O–H groups in total. The Morgan fingerprint density at radius 3 is 2.59 bits per heavy atom. The van der Waals surface area contributed by atoms with Crippen LogP contribution in [0.5, 0.6) is 11.5 Å². The first-order valence-electron chi connectivity index (χ1n) is 8.93. The number of amides is 1. The Hall–Kier alpha value is -2.47. The smallest absolute Gasteiger partial charge is 0.220 e. The van der Waals surface area contributed by atoms with Crippen LogP contribution < -0.4 is 19.4 Å². The van der Waals surface area contributed by atoms with Crippen molar-refractivity contribution in [3.8, 4) is 11.5 Å². The van der Waals surface area contributed by atoms with Gasteiger partial charge in [0.05, 0.1) is 14.2 Å². The van der Waals surface area contributed by atoms with Gasteiger partial charge in [0.25, 0.3) is 0 Å².